The van der Waals surface area contributed by atoms with E-state index >= 15 is 0 Å². The van der Waals surface area contributed by atoms with Crippen molar-refractivity contribution >= 4 is 11.3 Å². The third kappa shape index (κ3) is 1.19. The van der Waals surface area contributed by atoms with Gasteiger partial charge >= 0.3 is 0 Å². The second-order valence-electron chi connectivity index (χ2n) is 2.94. The van der Waals surface area contributed by atoms with Gasteiger partial charge in [0.2, 0.25) is 0 Å². The summed E-state index contributed by atoms with van der Waals surface area (Å²) in [5.74, 6) is 0.603. The maximum Gasteiger partial charge on any atom is 0.200 e. The molecule has 3 aromatic rings. The molecule has 0 saturated heterocycles. The summed E-state index contributed by atoms with van der Waals surface area (Å²) in [5, 5.41) is 19.1. The van der Waals surface area contributed by atoms with E-state index in [0.29, 0.717) is 17.2 Å². The summed E-state index contributed by atoms with van der Waals surface area (Å²) < 4.78 is 2.88. The quantitative estimate of drug-likeness (QED) is 0.559. The summed E-state index contributed by atoms with van der Waals surface area (Å²) in [5.41, 5.74) is 6.71. The predicted octanol–water partition coefficient (Wildman–Crippen LogP) is -0.713. The van der Waals surface area contributed by atoms with Gasteiger partial charge in [-0.3, -0.25) is 0 Å². The number of fused-ring (bicyclic) bond motifs is 1. The molecule has 0 fully saturated rings. The number of aromatic nitrogens is 7. The van der Waals surface area contributed by atoms with Gasteiger partial charge in [-0.25, -0.2) is 4.68 Å². The Balaban J connectivity index is 2.18. The van der Waals surface area contributed by atoms with Crippen LogP contribution in [0.1, 0.15) is 0 Å². The van der Waals surface area contributed by atoms with Crippen molar-refractivity contribution in [3.05, 3.63) is 24.5 Å². The van der Waals surface area contributed by atoms with Crippen molar-refractivity contribution in [2.45, 2.75) is 0 Å². The van der Waals surface area contributed by atoms with Gasteiger partial charge in [0, 0.05) is 0 Å². The molecule has 74 valence electrons. The Morgan fingerprint density at radius 2 is 2.20 bits per heavy atom. The van der Waals surface area contributed by atoms with Gasteiger partial charge in [0.15, 0.2) is 11.5 Å². The molecule has 15 heavy (non-hydrogen) atoms. The molecular weight excluding hydrogens is 196 g/mol. The van der Waals surface area contributed by atoms with Crippen molar-refractivity contribution in [2.75, 3.05) is 5.73 Å². The number of hydrogen-bond donors (Lipinski definition) is 1. The summed E-state index contributed by atoms with van der Waals surface area (Å²) in [4.78, 5) is 0. The Morgan fingerprint density at radius 3 is 3.00 bits per heavy atom. The van der Waals surface area contributed by atoms with Crippen molar-refractivity contribution in [3.8, 4) is 5.82 Å². The number of tetrazole rings is 1. The zero-order valence-corrected chi connectivity index (χ0v) is 7.52. The molecule has 3 rings (SSSR count). The third-order valence-electron chi connectivity index (χ3n) is 1.89. The van der Waals surface area contributed by atoms with E-state index in [2.05, 4.69) is 25.7 Å². The molecule has 0 aliphatic heterocycles. The van der Waals surface area contributed by atoms with Gasteiger partial charge < -0.3 is 5.73 Å². The standard InChI is InChI=1S/C7H6N8/c8-5-3-9-14(4-5)7-2-1-6-10-12-13-15(6)11-7/h1-4H,8H2. The lowest BCUT2D eigenvalue weighted by atomic mass is 10.5. The van der Waals surface area contributed by atoms with Crippen LogP contribution in [0.5, 0.6) is 0 Å². The number of anilines is 1. The van der Waals surface area contributed by atoms with Crippen LogP contribution in [-0.2, 0) is 0 Å². The summed E-state index contributed by atoms with van der Waals surface area (Å²) in [6.45, 7) is 0. The second-order valence-corrected chi connectivity index (χ2v) is 2.94. The molecule has 3 heterocycles. The van der Waals surface area contributed by atoms with Crippen LogP contribution in [0, 0.1) is 0 Å². The number of nitrogen functional groups attached to an aromatic ring is 1. The van der Waals surface area contributed by atoms with Crippen LogP contribution in [0.2, 0.25) is 0 Å². The number of nitrogens with two attached hydrogens (primary N) is 1. The number of nitrogens with zero attached hydrogens (tertiary/aromatic N) is 7. The Hall–Kier alpha value is -2.51. The fraction of sp³-hybridized carbons (Fsp3) is 0. The molecule has 8 heteroatoms. The minimum Gasteiger partial charge on any atom is -0.396 e. The summed E-state index contributed by atoms with van der Waals surface area (Å²) in [7, 11) is 0. The van der Waals surface area contributed by atoms with Gasteiger partial charge in [-0.1, -0.05) is 0 Å². The van der Waals surface area contributed by atoms with Crippen LogP contribution in [0.4, 0.5) is 5.69 Å². The zero-order valence-electron chi connectivity index (χ0n) is 7.52. The molecule has 0 unspecified atom stereocenters. The van der Waals surface area contributed by atoms with Crippen LogP contribution in [0.3, 0.4) is 0 Å². The molecule has 0 aromatic carbocycles. The number of rotatable bonds is 1. The number of hydrogen-bond acceptors (Lipinski definition) is 6. The first-order valence-corrected chi connectivity index (χ1v) is 4.19. The molecule has 0 saturated carbocycles. The average Bonchev–Trinajstić information content (AvgIpc) is 2.84. The van der Waals surface area contributed by atoms with E-state index in [1.54, 1.807) is 29.2 Å². The molecule has 0 aliphatic carbocycles. The molecule has 0 bridgehead atoms. The second kappa shape index (κ2) is 2.74. The third-order valence-corrected chi connectivity index (χ3v) is 1.89. The van der Waals surface area contributed by atoms with Crippen molar-refractivity contribution < 1.29 is 0 Å². The predicted molar refractivity (Wildman–Crippen MR) is 50.1 cm³/mol. The van der Waals surface area contributed by atoms with Crippen molar-refractivity contribution in [1.29, 1.82) is 0 Å². The van der Waals surface area contributed by atoms with Crippen molar-refractivity contribution in [2.24, 2.45) is 0 Å². The SMILES string of the molecule is Nc1cnn(-c2ccc3nnnn3n2)c1. The first kappa shape index (κ1) is 7.85. The van der Waals surface area contributed by atoms with E-state index in [9.17, 15) is 0 Å². The molecule has 8 nitrogen and oxygen atoms in total. The summed E-state index contributed by atoms with van der Waals surface area (Å²) in [6, 6.07) is 3.51. The monoisotopic (exact) mass is 202 g/mol. The van der Waals surface area contributed by atoms with Gasteiger partial charge in [-0.2, -0.15) is 5.10 Å². The van der Waals surface area contributed by atoms with Crippen LogP contribution in [0.25, 0.3) is 11.5 Å². The van der Waals surface area contributed by atoms with Gasteiger partial charge in [0.05, 0.1) is 18.1 Å². The minimum absolute atomic E-state index is 0.577. The van der Waals surface area contributed by atoms with Gasteiger partial charge in [0.1, 0.15) is 0 Å². The van der Waals surface area contributed by atoms with E-state index in [1.165, 1.54) is 4.63 Å². The first-order valence-electron chi connectivity index (χ1n) is 4.19. The van der Waals surface area contributed by atoms with Gasteiger partial charge in [-0.15, -0.1) is 14.8 Å². The van der Waals surface area contributed by atoms with Crippen LogP contribution in [-0.4, -0.2) is 35.0 Å². The topological polar surface area (TPSA) is 99.8 Å². The molecule has 3 aromatic heterocycles. The van der Waals surface area contributed by atoms with Crippen molar-refractivity contribution in [3.63, 3.8) is 0 Å². The van der Waals surface area contributed by atoms with Crippen LogP contribution in [0.15, 0.2) is 24.5 Å². The van der Waals surface area contributed by atoms with E-state index in [-0.39, 0.29) is 0 Å². The summed E-state index contributed by atoms with van der Waals surface area (Å²) in [6.07, 6.45) is 3.21. The molecule has 0 radical (unpaired) electrons. The maximum absolute atomic E-state index is 5.55. The highest BCUT2D eigenvalue weighted by Crippen LogP contribution is 2.06. The fourth-order valence-electron chi connectivity index (χ4n) is 1.22. The van der Waals surface area contributed by atoms with E-state index < -0.39 is 0 Å². The Kier molecular flexibility index (Phi) is 1.43. The Labute approximate surface area is 83.3 Å². The first-order chi connectivity index (χ1) is 7.33. The van der Waals surface area contributed by atoms with E-state index in [1.807, 2.05) is 0 Å². The van der Waals surface area contributed by atoms with Crippen LogP contribution < -0.4 is 5.73 Å². The normalized spacial score (nSPS) is 10.9. The maximum atomic E-state index is 5.55. The lowest BCUT2D eigenvalue weighted by Gasteiger charge is -1.98. The molecule has 0 aliphatic rings. The summed E-state index contributed by atoms with van der Waals surface area (Å²) >= 11 is 0. The Bertz CT molecular complexity index is 608. The fourth-order valence-corrected chi connectivity index (χ4v) is 1.22. The minimum atomic E-state index is 0.577. The highest BCUT2D eigenvalue weighted by Gasteiger charge is 2.03. The lowest BCUT2D eigenvalue weighted by Crippen LogP contribution is -2.03. The average molecular weight is 202 g/mol. The molecule has 0 atom stereocenters. The lowest BCUT2D eigenvalue weighted by molar-refractivity contribution is 0.702. The highest BCUT2D eigenvalue weighted by molar-refractivity contribution is 5.39. The highest BCUT2D eigenvalue weighted by atomic mass is 15.6. The zero-order chi connectivity index (χ0) is 10.3. The van der Waals surface area contributed by atoms with Crippen molar-refractivity contribution in [1.82, 2.24) is 35.0 Å². The largest absolute Gasteiger partial charge is 0.396 e. The van der Waals surface area contributed by atoms with E-state index in [0.717, 1.165) is 0 Å². The van der Waals surface area contributed by atoms with Gasteiger partial charge in [-0.05, 0) is 22.6 Å². The van der Waals surface area contributed by atoms with Gasteiger partial charge in [0.25, 0.3) is 0 Å². The Morgan fingerprint density at radius 1 is 1.27 bits per heavy atom. The molecule has 0 spiro atoms. The van der Waals surface area contributed by atoms with E-state index in [4.69, 9.17) is 5.73 Å². The molecular formula is C7H6N8. The molecule has 2 N–H and O–H groups in total. The molecule has 0 amide bonds. The van der Waals surface area contributed by atoms with Crippen LogP contribution >= 0.6 is 0 Å². The smallest absolute Gasteiger partial charge is 0.200 e.